The van der Waals surface area contributed by atoms with Crippen molar-refractivity contribution >= 4 is 29.3 Å². The monoisotopic (exact) mass is 425 g/mol. The van der Waals surface area contributed by atoms with E-state index in [9.17, 15) is 4.79 Å². The van der Waals surface area contributed by atoms with Crippen molar-refractivity contribution in [2.45, 2.75) is 6.92 Å². The molecule has 0 fully saturated rings. The first-order valence-electron chi connectivity index (χ1n) is 9.13. The van der Waals surface area contributed by atoms with Crippen molar-refractivity contribution in [1.82, 2.24) is 9.97 Å². The third kappa shape index (κ3) is 5.71. The second kappa shape index (κ2) is 10.3. The van der Waals surface area contributed by atoms with Crippen LogP contribution in [0.1, 0.15) is 12.5 Å². The van der Waals surface area contributed by atoms with Gasteiger partial charge in [0.05, 0.1) is 18.7 Å². The summed E-state index contributed by atoms with van der Waals surface area (Å²) in [4.78, 5) is 20.2. The average Bonchev–Trinajstić information content (AvgIpc) is 2.76. The van der Waals surface area contributed by atoms with Crippen LogP contribution in [-0.4, -0.2) is 29.6 Å². The minimum absolute atomic E-state index is 0.252. The second-order valence-electron chi connectivity index (χ2n) is 5.95. The zero-order valence-electron chi connectivity index (χ0n) is 16.5. The molecule has 0 spiro atoms. The Bertz CT molecular complexity index is 1020. The molecule has 1 amide bonds. The Morgan fingerprint density at radius 2 is 1.90 bits per heavy atom. The molecule has 7 nitrogen and oxygen atoms in total. The maximum atomic E-state index is 12.2. The van der Waals surface area contributed by atoms with Gasteiger partial charge in [0.15, 0.2) is 11.5 Å². The number of aromatic nitrogens is 2. The van der Waals surface area contributed by atoms with E-state index in [4.69, 9.17) is 25.8 Å². The number of halogens is 1. The van der Waals surface area contributed by atoms with E-state index in [0.29, 0.717) is 40.1 Å². The second-order valence-corrected chi connectivity index (χ2v) is 6.35. The number of hydrogen-bond donors (Lipinski definition) is 1. The standard InChI is InChI=1S/C22H20ClN3O4/c1-3-29-21-18(23)13-15(14-19(21)28-2)5-10-20(27)26-16-6-8-17(9-7-16)30-22-24-11-4-12-25-22/h4-14H,3H2,1-2H3,(H,26,27). The molecule has 0 saturated heterocycles. The molecule has 0 aliphatic carbocycles. The van der Waals surface area contributed by atoms with Crippen molar-refractivity contribution in [1.29, 1.82) is 0 Å². The maximum Gasteiger partial charge on any atom is 0.321 e. The van der Waals surface area contributed by atoms with E-state index in [1.807, 2.05) is 6.92 Å². The molecule has 154 valence electrons. The number of carbonyl (C=O) groups is 1. The van der Waals surface area contributed by atoms with E-state index in [1.54, 1.807) is 60.9 Å². The SMILES string of the molecule is CCOc1c(Cl)cc(C=CC(=O)Nc2ccc(Oc3ncccn3)cc2)cc1OC. The topological polar surface area (TPSA) is 82.6 Å². The molecule has 0 aliphatic heterocycles. The van der Waals surface area contributed by atoms with E-state index in [-0.39, 0.29) is 11.9 Å². The molecule has 0 bridgehead atoms. The van der Waals surface area contributed by atoms with Crippen molar-refractivity contribution in [2.75, 3.05) is 19.0 Å². The third-order valence-electron chi connectivity index (χ3n) is 3.84. The molecule has 0 saturated carbocycles. The van der Waals surface area contributed by atoms with Crippen LogP contribution in [0.5, 0.6) is 23.3 Å². The molecular formula is C22H20ClN3O4. The van der Waals surface area contributed by atoms with Gasteiger partial charge < -0.3 is 19.5 Å². The number of anilines is 1. The molecule has 1 aromatic heterocycles. The van der Waals surface area contributed by atoms with Crippen molar-refractivity contribution in [3.8, 4) is 23.3 Å². The largest absolute Gasteiger partial charge is 0.493 e. The predicted octanol–water partition coefficient (Wildman–Crippen LogP) is 4.98. The van der Waals surface area contributed by atoms with Crippen molar-refractivity contribution in [2.24, 2.45) is 0 Å². The Morgan fingerprint density at radius 3 is 2.57 bits per heavy atom. The fourth-order valence-electron chi connectivity index (χ4n) is 2.53. The number of nitrogens with one attached hydrogen (secondary N) is 1. The molecule has 0 radical (unpaired) electrons. The summed E-state index contributed by atoms with van der Waals surface area (Å²) in [7, 11) is 1.53. The summed E-state index contributed by atoms with van der Waals surface area (Å²) in [5.74, 6) is 1.25. The minimum atomic E-state index is -0.293. The molecule has 30 heavy (non-hydrogen) atoms. The highest BCUT2D eigenvalue weighted by molar-refractivity contribution is 6.32. The third-order valence-corrected chi connectivity index (χ3v) is 4.12. The summed E-state index contributed by atoms with van der Waals surface area (Å²) < 4.78 is 16.3. The number of rotatable bonds is 8. The predicted molar refractivity (Wildman–Crippen MR) is 115 cm³/mol. The van der Waals surface area contributed by atoms with E-state index >= 15 is 0 Å². The molecule has 0 aliphatic rings. The Kier molecular flexibility index (Phi) is 7.24. The normalized spacial score (nSPS) is 10.6. The van der Waals surface area contributed by atoms with E-state index in [2.05, 4.69) is 15.3 Å². The molecular weight excluding hydrogens is 406 g/mol. The van der Waals surface area contributed by atoms with Gasteiger partial charge in [0.2, 0.25) is 5.91 Å². The fourth-order valence-corrected chi connectivity index (χ4v) is 2.80. The summed E-state index contributed by atoms with van der Waals surface area (Å²) >= 11 is 6.25. The van der Waals surface area contributed by atoms with Crippen LogP contribution in [-0.2, 0) is 4.79 Å². The van der Waals surface area contributed by atoms with Crippen LogP contribution < -0.4 is 19.5 Å². The minimum Gasteiger partial charge on any atom is -0.493 e. The van der Waals surface area contributed by atoms with E-state index in [0.717, 1.165) is 0 Å². The first-order valence-corrected chi connectivity index (χ1v) is 9.51. The van der Waals surface area contributed by atoms with Gasteiger partial charge in [-0.25, -0.2) is 9.97 Å². The van der Waals surface area contributed by atoms with Crippen LogP contribution in [0, 0.1) is 0 Å². The molecule has 8 heteroatoms. The van der Waals surface area contributed by atoms with Gasteiger partial charge in [0.25, 0.3) is 0 Å². The highest BCUT2D eigenvalue weighted by atomic mass is 35.5. The molecule has 2 aromatic carbocycles. The summed E-state index contributed by atoms with van der Waals surface area (Å²) in [6, 6.07) is 12.3. The first kappa shape index (κ1) is 21.1. The summed E-state index contributed by atoms with van der Waals surface area (Å²) in [5, 5.41) is 3.19. The van der Waals surface area contributed by atoms with E-state index in [1.165, 1.54) is 13.2 Å². The maximum absolute atomic E-state index is 12.2. The number of nitrogens with zero attached hydrogens (tertiary/aromatic N) is 2. The van der Waals surface area contributed by atoms with Crippen LogP contribution in [0.3, 0.4) is 0 Å². The molecule has 1 heterocycles. The average molecular weight is 426 g/mol. The van der Waals surface area contributed by atoms with Crippen LogP contribution in [0.25, 0.3) is 6.08 Å². The number of methoxy groups -OCH3 is 1. The summed E-state index contributed by atoms with van der Waals surface area (Å²) in [6.45, 7) is 2.33. The Balaban J connectivity index is 1.62. The number of benzene rings is 2. The van der Waals surface area contributed by atoms with Crippen LogP contribution in [0.15, 0.2) is 60.9 Å². The van der Waals surface area contributed by atoms with Gasteiger partial charge in [0.1, 0.15) is 5.75 Å². The molecule has 0 unspecified atom stereocenters. The first-order chi connectivity index (χ1) is 14.6. The van der Waals surface area contributed by atoms with Crippen LogP contribution in [0.4, 0.5) is 5.69 Å². The Hall–Kier alpha value is -3.58. The molecule has 0 atom stereocenters. The zero-order chi connectivity index (χ0) is 21.3. The lowest BCUT2D eigenvalue weighted by Gasteiger charge is -2.11. The molecule has 1 N–H and O–H groups in total. The number of ether oxygens (including phenoxy) is 3. The van der Waals surface area contributed by atoms with Gasteiger partial charge in [-0.05, 0) is 61.0 Å². The highest BCUT2D eigenvalue weighted by Gasteiger charge is 2.11. The van der Waals surface area contributed by atoms with Crippen LogP contribution in [0.2, 0.25) is 5.02 Å². The smallest absolute Gasteiger partial charge is 0.321 e. The van der Waals surface area contributed by atoms with Gasteiger partial charge in [-0.2, -0.15) is 0 Å². The van der Waals surface area contributed by atoms with Gasteiger partial charge >= 0.3 is 6.01 Å². The molecule has 3 rings (SSSR count). The zero-order valence-corrected chi connectivity index (χ0v) is 17.2. The van der Waals surface area contributed by atoms with Crippen molar-refractivity contribution < 1.29 is 19.0 Å². The lowest BCUT2D eigenvalue weighted by molar-refractivity contribution is -0.111. The number of amides is 1. The van der Waals surface area contributed by atoms with Gasteiger partial charge in [-0.1, -0.05) is 11.6 Å². The number of hydrogen-bond acceptors (Lipinski definition) is 6. The Morgan fingerprint density at radius 1 is 1.17 bits per heavy atom. The quantitative estimate of drug-likeness (QED) is 0.512. The summed E-state index contributed by atoms with van der Waals surface area (Å²) in [5.41, 5.74) is 1.33. The lowest BCUT2D eigenvalue weighted by Crippen LogP contribution is -2.07. The van der Waals surface area contributed by atoms with Gasteiger partial charge in [-0.15, -0.1) is 0 Å². The molecule has 3 aromatic rings. The number of carbonyl (C=O) groups excluding carboxylic acids is 1. The summed E-state index contributed by atoms with van der Waals surface area (Å²) in [6.07, 6.45) is 6.24. The van der Waals surface area contributed by atoms with Gasteiger partial charge in [-0.3, -0.25) is 4.79 Å². The van der Waals surface area contributed by atoms with Crippen molar-refractivity contribution in [3.63, 3.8) is 0 Å². The van der Waals surface area contributed by atoms with E-state index < -0.39 is 0 Å². The Labute approximate surface area is 179 Å². The van der Waals surface area contributed by atoms with Crippen LogP contribution >= 0.6 is 11.6 Å². The van der Waals surface area contributed by atoms with Gasteiger partial charge in [0, 0.05) is 24.2 Å². The fraction of sp³-hybridized carbons (Fsp3) is 0.136. The highest BCUT2D eigenvalue weighted by Crippen LogP contribution is 2.36. The lowest BCUT2D eigenvalue weighted by atomic mass is 10.2. The van der Waals surface area contributed by atoms with Crippen molar-refractivity contribution in [3.05, 3.63) is 71.5 Å².